The lowest BCUT2D eigenvalue weighted by molar-refractivity contribution is -0.116. The van der Waals surface area contributed by atoms with Crippen LogP contribution in [0.25, 0.3) is 11.2 Å². The number of rotatable bonds is 11. The molecule has 0 spiro atoms. The van der Waals surface area contributed by atoms with Crippen LogP contribution in [0.15, 0.2) is 33.9 Å². The molecule has 0 radical (unpaired) electrons. The minimum atomic E-state index is -0.472. The predicted octanol–water partition coefficient (Wildman–Crippen LogP) is 3.09. The third kappa shape index (κ3) is 6.26. The van der Waals surface area contributed by atoms with Gasteiger partial charge in [-0.3, -0.25) is 19.1 Å². The lowest BCUT2D eigenvalue weighted by Crippen LogP contribution is -2.31. The largest absolute Gasteiger partial charge is 0.462 e. The van der Waals surface area contributed by atoms with E-state index in [2.05, 4.69) is 15.3 Å². The van der Waals surface area contributed by atoms with Crippen LogP contribution in [0, 0.1) is 5.92 Å². The number of anilines is 1. The fraction of sp³-hybridized carbons (Fsp3) is 0.480. The van der Waals surface area contributed by atoms with Gasteiger partial charge in [-0.15, -0.1) is 0 Å². The normalized spacial score (nSPS) is 11.2. The molecule has 0 fully saturated rings. The smallest absolute Gasteiger partial charge is 0.338 e. The van der Waals surface area contributed by atoms with Gasteiger partial charge in [0.25, 0.3) is 5.56 Å². The molecule has 0 saturated carbocycles. The van der Waals surface area contributed by atoms with Gasteiger partial charge in [0.2, 0.25) is 5.91 Å². The number of ether oxygens (including phenoxy) is 1. The maximum absolute atomic E-state index is 12.7. The number of nitrogens with zero attached hydrogens (tertiary/aromatic N) is 3. The number of carbonyl (C=O) groups is 2. The Hall–Kier alpha value is -3.69. The number of hydrogen-bond donors (Lipinski definition) is 2. The second kappa shape index (κ2) is 11.6. The Kier molecular flexibility index (Phi) is 8.62. The summed E-state index contributed by atoms with van der Waals surface area (Å²) in [5, 5.41) is 2.81. The number of aryl methyl sites for hydroxylation is 2. The van der Waals surface area contributed by atoms with Gasteiger partial charge in [0.1, 0.15) is 5.82 Å². The van der Waals surface area contributed by atoms with E-state index in [4.69, 9.17) is 4.74 Å². The van der Waals surface area contributed by atoms with Crippen LogP contribution in [0.5, 0.6) is 0 Å². The molecule has 10 heteroatoms. The average molecular weight is 484 g/mol. The van der Waals surface area contributed by atoms with Crippen LogP contribution >= 0.6 is 0 Å². The minimum Gasteiger partial charge on any atom is -0.462 e. The number of carbonyl (C=O) groups excluding carboxylic acids is 2. The van der Waals surface area contributed by atoms with E-state index < -0.39 is 17.2 Å². The van der Waals surface area contributed by atoms with Crippen molar-refractivity contribution in [1.82, 2.24) is 19.1 Å². The Morgan fingerprint density at radius 2 is 1.83 bits per heavy atom. The van der Waals surface area contributed by atoms with E-state index in [1.54, 1.807) is 31.2 Å². The van der Waals surface area contributed by atoms with Crippen LogP contribution in [-0.2, 0) is 29.0 Å². The molecule has 0 bridgehead atoms. The zero-order valence-electron chi connectivity index (χ0n) is 20.7. The number of imidazole rings is 1. The van der Waals surface area contributed by atoms with Gasteiger partial charge in [0.15, 0.2) is 11.2 Å². The maximum Gasteiger partial charge on any atom is 0.338 e. The first-order valence-corrected chi connectivity index (χ1v) is 12.0. The molecule has 0 unspecified atom stereocenters. The first kappa shape index (κ1) is 25.9. The summed E-state index contributed by atoms with van der Waals surface area (Å²) in [6.45, 7) is 9.12. The standard InChI is InChI=1S/C25H33N5O5/c1-5-7-14-29-22-21(23(32)28-25(29)34)30(15-16(3)4)19(27-22)12-13-20(31)26-18-10-8-17(9-11-18)24(33)35-6-2/h8-11,16H,5-7,12-15H2,1-4H3,(H,26,31)(H,28,32,34). The molecular formula is C25H33N5O5. The summed E-state index contributed by atoms with van der Waals surface area (Å²) in [6.07, 6.45) is 2.12. The average Bonchev–Trinajstić information content (AvgIpc) is 3.16. The van der Waals surface area contributed by atoms with Gasteiger partial charge in [0, 0.05) is 31.6 Å². The molecular weight excluding hydrogens is 450 g/mol. The summed E-state index contributed by atoms with van der Waals surface area (Å²) in [7, 11) is 0. The van der Waals surface area contributed by atoms with E-state index >= 15 is 0 Å². The van der Waals surface area contributed by atoms with Crippen molar-refractivity contribution >= 4 is 28.7 Å². The number of aromatic nitrogens is 4. The Bertz CT molecular complexity index is 1300. The number of aromatic amines is 1. The predicted molar refractivity (Wildman–Crippen MR) is 134 cm³/mol. The van der Waals surface area contributed by atoms with Gasteiger partial charge in [0.05, 0.1) is 12.2 Å². The van der Waals surface area contributed by atoms with Crippen molar-refractivity contribution in [2.24, 2.45) is 5.92 Å². The Morgan fingerprint density at radius 3 is 2.46 bits per heavy atom. The molecule has 1 aromatic carbocycles. The molecule has 188 valence electrons. The topological polar surface area (TPSA) is 128 Å². The number of fused-ring (bicyclic) bond motifs is 1. The third-order valence-electron chi connectivity index (χ3n) is 5.50. The zero-order valence-corrected chi connectivity index (χ0v) is 20.7. The van der Waals surface area contributed by atoms with E-state index in [1.165, 1.54) is 4.57 Å². The third-order valence-corrected chi connectivity index (χ3v) is 5.50. The maximum atomic E-state index is 12.7. The van der Waals surface area contributed by atoms with Crippen LogP contribution in [0.2, 0.25) is 0 Å². The van der Waals surface area contributed by atoms with Gasteiger partial charge in [-0.1, -0.05) is 27.2 Å². The second-order valence-electron chi connectivity index (χ2n) is 8.82. The van der Waals surface area contributed by atoms with Crippen LogP contribution in [-0.4, -0.2) is 37.6 Å². The van der Waals surface area contributed by atoms with Crippen molar-refractivity contribution in [3.63, 3.8) is 0 Å². The number of amides is 1. The SMILES string of the molecule is CCCCn1c(=O)[nH]c(=O)c2c1nc(CCC(=O)Nc1ccc(C(=O)OCC)cc1)n2CC(C)C. The molecule has 2 heterocycles. The lowest BCUT2D eigenvalue weighted by Gasteiger charge is -2.12. The number of unbranched alkanes of at least 4 members (excludes halogenated alkanes) is 1. The summed E-state index contributed by atoms with van der Waals surface area (Å²) in [5.41, 5.74) is 0.747. The van der Waals surface area contributed by atoms with Crippen molar-refractivity contribution < 1.29 is 14.3 Å². The highest BCUT2D eigenvalue weighted by Crippen LogP contribution is 2.17. The molecule has 2 N–H and O–H groups in total. The molecule has 10 nitrogen and oxygen atoms in total. The van der Waals surface area contributed by atoms with E-state index in [-0.39, 0.29) is 18.2 Å². The number of esters is 1. The van der Waals surface area contributed by atoms with Crippen molar-refractivity contribution in [1.29, 1.82) is 0 Å². The van der Waals surface area contributed by atoms with Crippen LogP contribution in [0.1, 0.15) is 63.1 Å². The number of hydrogen-bond acceptors (Lipinski definition) is 6. The first-order valence-electron chi connectivity index (χ1n) is 12.0. The van der Waals surface area contributed by atoms with Crippen molar-refractivity contribution in [2.45, 2.75) is 66.5 Å². The highest BCUT2D eigenvalue weighted by Gasteiger charge is 2.20. The molecule has 3 rings (SSSR count). The van der Waals surface area contributed by atoms with Crippen LogP contribution in [0.3, 0.4) is 0 Å². The number of H-pyrrole nitrogens is 1. The summed E-state index contributed by atoms with van der Waals surface area (Å²) < 4.78 is 8.29. The fourth-order valence-corrected chi connectivity index (χ4v) is 3.85. The Labute approximate surface area is 203 Å². The fourth-order valence-electron chi connectivity index (χ4n) is 3.85. The highest BCUT2D eigenvalue weighted by atomic mass is 16.5. The molecule has 1 amide bonds. The monoisotopic (exact) mass is 483 g/mol. The molecule has 0 aliphatic carbocycles. The number of nitrogens with one attached hydrogen (secondary N) is 2. The Balaban J connectivity index is 1.82. The molecule has 0 atom stereocenters. The van der Waals surface area contributed by atoms with E-state index in [9.17, 15) is 19.2 Å². The number of benzene rings is 1. The molecule has 0 aliphatic rings. The van der Waals surface area contributed by atoms with Crippen molar-refractivity contribution in [3.8, 4) is 0 Å². The summed E-state index contributed by atoms with van der Waals surface area (Å²) >= 11 is 0. The van der Waals surface area contributed by atoms with Crippen molar-refractivity contribution in [2.75, 3.05) is 11.9 Å². The highest BCUT2D eigenvalue weighted by molar-refractivity contribution is 5.93. The summed E-state index contributed by atoms with van der Waals surface area (Å²) in [4.78, 5) is 56.6. The molecule has 0 saturated heterocycles. The van der Waals surface area contributed by atoms with Gasteiger partial charge < -0.3 is 14.6 Å². The van der Waals surface area contributed by atoms with Gasteiger partial charge >= 0.3 is 11.7 Å². The minimum absolute atomic E-state index is 0.137. The van der Waals surface area contributed by atoms with Crippen LogP contribution in [0.4, 0.5) is 5.69 Å². The van der Waals surface area contributed by atoms with E-state index in [0.717, 1.165) is 12.8 Å². The van der Waals surface area contributed by atoms with E-state index in [0.29, 0.717) is 54.4 Å². The zero-order chi connectivity index (χ0) is 25.5. The summed E-state index contributed by atoms with van der Waals surface area (Å²) in [6, 6.07) is 6.48. The Morgan fingerprint density at radius 1 is 1.11 bits per heavy atom. The second-order valence-corrected chi connectivity index (χ2v) is 8.82. The van der Waals surface area contributed by atoms with Gasteiger partial charge in [-0.25, -0.2) is 14.6 Å². The molecule has 0 aliphatic heterocycles. The quantitative estimate of drug-likeness (QED) is 0.403. The first-order chi connectivity index (χ1) is 16.7. The molecule has 3 aromatic rings. The van der Waals surface area contributed by atoms with Crippen molar-refractivity contribution in [3.05, 3.63) is 56.5 Å². The van der Waals surface area contributed by atoms with Gasteiger partial charge in [-0.2, -0.15) is 0 Å². The molecule has 2 aromatic heterocycles. The van der Waals surface area contributed by atoms with Gasteiger partial charge in [-0.05, 0) is 43.5 Å². The lowest BCUT2D eigenvalue weighted by atomic mass is 10.2. The van der Waals surface area contributed by atoms with E-state index in [1.807, 2.05) is 25.3 Å². The summed E-state index contributed by atoms with van der Waals surface area (Å²) in [5.74, 6) is 0.173. The molecule has 35 heavy (non-hydrogen) atoms. The van der Waals surface area contributed by atoms with Crippen LogP contribution < -0.4 is 16.6 Å².